The van der Waals surface area contributed by atoms with Crippen molar-refractivity contribution >= 4 is 12.1 Å². The van der Waals surface area contributed by atoms with Crippen LogP contribution in [0, 0.1) is 0 Å². The van der Waals surface area contributed by atoms with E-state index in [4.69, 9.17) is 4.74 Å². The summed E-state index contributed by atoms with van der Waals surface area (Å²) in [5, 5.41) is 2.84. The zero-order valence-corrected chi connectivity index (χ0v) is 14.3. The third kappa shape index (κ3) is 6.74. The zero-order valence-electron chi connectivity index (χ0n) is 14.3. The largest absolute Gasteiger partial charge is 0.484 e. The van der Waals surface area contributed by atoms with Gasteiger partial charge in [-0.2, -0.15) is 13.2 Å². The van der Waals surface area contributed by atoms with Crippen LogP contribution in [-0.2, 0) is 11.0 Å². The Morgan fingerprint density at radius 3 is 2.73 bits per heavy atom. The standard InChI is InChI=1S/C19H21F3N2O2/c1-14-4-2-6-16(12-23-11-3-5-14)24-18(25)13-26-17-9-7-15(8-10-17)19(20,21)22/h3,5,7-11,16H,1-2,4,6,12-13H2,(H,24,25)/b5-3-,23-11-. The number of rotatable bonds is 4. The summed E-state index contributed by atoms with van der Waals surface area (Å²) < 4.78 is 42.8. The molecule has 0 saturated carbocycles. The maximum absolute atomic E-state index is 12.5. The number of hydrogen-bond acceptors (Lipinski definition) is 3. The molecule has 0 aromatic heterocycles. The lowest BCUT2D eigenvalue weighted by atomic mass is 10.0. The Morgan fingerprint density at radius 2 is 2.04 bits per heavy atom. The highest BCUT2D eigenvalue weighted by Gasteiger charge is 2.30. The van der Waals surface area contributed by atoms with Crippen molar-refractivity contribution in [2.75, 3.05) is 13.2 Å². The molecular formula is C19H21F3N2O2. The molecule has 0 bridgehead atoms. The summed E-state index contributed by atoms with van der Waals surface area (Å²) in [7, 11) is 0. The normalized spacial score (nSPS) is 20.9. The molecule has 0 saturated heterocycles. The van der Waals surface area contributed by atoms with Crippen molar-refractivity contribution < 1.29 is 22.7 Å². The first-order chi connectivity index (χ1) is 12.3. The molecule has 1 unspecified atom stereocenters. The van der Waals surface area contributed by atoms with Crippen LogP contribution in [0.4, 0.5) is 13.2 Å². The number of halogens is 3. The van der Waals surface area contributed by atoms with Crippen LogP contribution in [0.5, 0.6) is 5.75 Å². The van der Waals surface area contributed by atoms with Gasteiger partial charge in [0.2, 0.25) is 0 Å². The second-order valence-electron chi connectivity index (χ2n) is 6.00. The smallest absolute Gasteiger partial charge is 0.416 e. The quantitative estimate of drug-likeness (QED) is 0.878. The molecule has 0 aliphatic carbocycles. The number of nitrogens with zero attached hydrogens (tertiary/aromatic N) is 1. The van der Waals surface area contributed by atoms with Crippen LogP contribution in [0.25, 0.3) is 0 Å². The fraction of sp³-hybridized carbons (Fsp3) is 0.368. The number of alkyl halides is 3. The first kappa shape index (κ1) is 19.8. The van der Waals surface area contributed by atoms with E-state index in [0.717, 1.165) is 37.0 Å². The number of hydrogen-bond donors (Lipinski definition) is 1. The van der Waals surface area contributed by atoms with Crippen molar-refractivity contribution in [1.82, 2.24) is 5.32 Å². The monoisotopic (exact) mass is 366 g/mol. The van der Waals surface area contributed by atoms with Crippen LogP contribution in [0.1, 0.15) is 24.8 Å². The fourth-order valence-corrected chi connectivity index (χ4v) is 2.45. The summed E-state index contributed by atoms with van der Waals surface area (Å²) in [6.45, 7) is 4.13. The van der Waals surface area contributed by atoms with Gasteiger partial charge in [-0.3, -0.25) is 9.79 Å². The number of ether oxygens (including phenoxy) is 1. The van der Waals surface area contributed by atoms with E-state index in [1.54, 1.807) is 6.21 Å². The Hall–Kier alpha value is -2.57. The minimum Gasteiger partial charge on any atom is -0.484 e. The van der Waals surface area contributed by atoms with Crippen molar-refractivity contribution in [3.8, 4) is 5.75 Å². The molecular weight excluding hydrogens is 345 g/mol. The molecule has 0 fully saturated rings. The number of aliphatic imine (C=N–C) groups is 1. The van der Waals surface area contributed by atoms with E-state index in [1.807, 2.05) is 12.2 Å². The summed E-state index contributed by atoms with van der Waals surface area (Å²) >= 11 is 0. The van der Waals surface area contributed by atoms with Crippen LogP contribution < -0.4 is 10.1 Å². The molecule has 1 aliphatic rings. The summed E-state index contributed by atoms with van der Waals surface area (Å²) in [6.07, 6.45) is 3.50. The first-order valence-electron chi connectivity index (χ1n) is 8.28. The molecule has 4 nitrogen and oxygen atoms in total. The highest BCUT2D eigenvalue weighted by atomic mass is 19.4. The Labute approximate surface area is 150 Å². The lowest BCUT2D eigenvalue weighted by Gasteiger charge is -2.17. The van der Waals surface area contributed by atoms with Gasteiger partial charge in [0, 0.05) is 12.3 Å². The molecule has 0 radical (unpaired) electrons. The summed E-state index contributed by atoms with van der Waals surface area (Å²) in [5.74, 6) is -0.130. The van der Waals surface area contributed by atoms with Gasteiger partial charge in [-0.05, 0) is 49.6 Å². The van der Waals surface area contributed by atoms with E-state index in [0.29, 0.717) is 6.54 Å². The van der Waals surface area contributed by atoms with E-state index in [1.165, 1.54) is 12.1 Å². The van der Waals surface area contributed by atoms with Crippen molar-refractivity contribution in [3.05, 3.63) is 54.1 Å². The van der Waals surface area contributed by atoms with Gasteiger partial charge in [-0.1, -0.05) is 18.2 Å². The van der Waals surface area contributed by atoms with Gasteiger partial charge in [0.1, 0.15) is 5.75 Å². The maximum Gasteiger partial charge on any atom is 0.416 e. The number of benzene rings is 1. The topological polar surface area (TPSA) is 50.7 Å². The highest BCUT2D eigenvalue weighted by molar-refractivity contribution is 5.78. The third-order valence-electron chi connectivity index (χ3n) is 3.82. The van der Waals surface area contributed by atoms with Crippen LogP contribution in [0.2, 0.25) is 0 Å². The van der Waals surface area contributed by atoms with Gasteiger partial charge in [-0.25, -0.2) is 0 Å². The molecule has 7 heteroatoms. The molecule has 1 N–H and O–H groups in total. The van der Waals surface area contributed by atoms with E-state index >= 15 is 0 Å². The lowest BCUT2D eigenvalue weighted by Crippen LogP contribution is -2.39. The van der Waals surface area contributed by atoms with E-state index < -0.39 is 11.7 Å². The molecule has 140 valence electrons. The summed E-state index contributed by atoms with van der Waals surface area (Å²) in [6, 6.07) is 4.12. The number of carbonyl (C=O) groups is 1. The molecule has 1 aromatic rings. The number of carbonyl (C=O) groups excluding carboxylic acids is 1. The van der Waals surface area contributed by atoms with E-state index in [2.05, 4.69) is 16.9 Å². The predicted molar refractivity (Wildman–Crippen MR) is 94.4 cm³/mol. The molecule has 26 heavy (non-hydrogen) atoms. The van der Waals surface area contributed by atoms with Crippen molar-refractivity contribution in [3.63, 3.8) is 0 Å². The van der Waals surface area contributed by atoms with Gasteiger partial charge in [0.15, 0.2) is 6.61 Å². The first-order valence-corrected chi connectivity index (χ1v) is 8.28. The maximum atomic E-state index is 12.5. The number of amides is 1. The second kappa shape index (κ2) is 9.22. The molecule has 1 atom stereocenters. The van der Waals surface area contributed by atoms with Gasteiger partial charge in [-0.15, -0.1) is 0 Å². The van der Waals surface area contributed by atoms with Crippen LogP contribution >= 0.6 is 0 Å². The van der Waals surface area contributed by atoms with Crippen LogP contribution in [0.3, 0.4) is 0 Å². The SMILES string of the molecule is C=C1/C=C\C=N/CC(NC(=O)COc2ccc(C(F)(F)F)cc2)CCC1. The van der Waals surface area contributed by atoms with Crippen LogP contribution in [0.15, 0.2) is 53.6 Å². The third-order valence-corrected chi connectivity index (χ3v) is 3.82. The summed E-state index contributed by atoms with van der Waals surface area (Å²) in [5.41, 5.74) is 0.248. The van der Waals surface area contributed by atoms with Gasteiger partial charge >= 0.3 is 6.18 Å². The molecule has 0 spiro atoms. The molecule has 2 rings (SSSR count). The fourth-order valence-electron chi connectivity index (χ4n) is 2.45. The average Bonchev–Trinajstić information content (AvgIpc) is 2.59. The van der Waals surface area contributed by atoms with Gasteiger partial charge in [0.25, 0.3) is 5.91 Å². The molecule has 1 aromatic carbocycles. The Morgan fingerprint density at radius 1 is 1.31 bits per heavy atom. The van der Waals surface area contributed by atoms with E-state index in [9.17, 15) is 18.0 Å². The summed E-state index contributed by atoms with van der Waals surface area (Å²) in [4.78, 5) is 16.3. The Kier molecular flexibility index (Phi) is 7.00. The van der Waals surface area contributed by atoms with Gasteiger partial charge < -0.3 is 10.1 Å². The Balaban J connectivity index is 1.83. The average molecular weight is 366 g/mol. The second-order valence-corrected chi connectivity index (χ2v) is 6.00. The van der Waals surface area contributed by atoms with Crippen molar-refractivity contribution in [2.24, 2.45) is 4.99 Å². The Bertz CT molecular complexity index is 679. The van der Waals surface area contributed by atoms with Crippen LogP contribution in [-0.4, -0.2) is 31.3 Å². The lowest BCUT2D eigenvalue weighted by molar-refractivity contribution is -0.137. The highest BCUT2D eigenvalue weighted by Crippen LogP contribution is 2.30. The molecule has 1 aliphatic heterocycles. The number of allylic oxidation sites excluding steroid dienone is 3. The predicted octanol–water partition coefficient (Wildman–Crippen LogP) is 3.94. The van der Waals surface area contributed by atoms with Crippen molar-refractivity contribution in [2.45, 2.75) is 31.5 Å². The molecule has 1 heterocycles. The molecule has 1 amide bonds. The zero-order chi connectivity index (χ0) is 19.0. The minimum absolute atomic E-state index is 0.116. The van der Waals surface area contributed by atoms with Crippen molar-refractivity contribution in [1.29, 1.82) is 0 Å². The number of nitrogens with one attached hydrogen (secondary N) is 1. The van der Waals surface area contributed by atoms with E-state index in [-0.39, 0.29) is 24.3 Å². The minimum atomic E-state index is -4.40. The van der Waals surface area contributed by atoms with Gasteiger partial charge in [0.05, 0.1) is 12.1 Å².